The molecule has 0 atom stereocenters. The van der Waals surface area contributed by atoms with Gasteiger partial charge in [0.05, 0.1) is 16.9 Å². The summed E-state index contributed by atoms with van der Waals surface area (Å²) in [6, 6.07) is 21.8. The lowest BCUT2D eigenvalue weighted by Gasteiger charge is -2.12. The van der Waals surface area contributed by atoms with Crippen molar-refractivity contribution in [1.29, 1.82) is 0 Å². The second-order valence-electron chi connectivity index (χ2n) is 5.44. The fraction of sp³-hybridized carbons (Fsp3) is 0.0909. The van der Waals surface area contributed by atoms with Gasteiger partial charge in [0.2, 0.25) is 0 Å². The highest BCUT2D eigenvalue weighted by Crippen LogP contribution is 2.31. The van der Waals surface area contributed by atoms with Gasteiger partial charge in [0, 0.05) is 34.1 Å². The van der Waals surface area contributed by atoms with Crippen molar-refractivity contribution in [3.8, 4) is 11.3 Å². The summed E-state index contributed by atoms with van der Waals surface area (Å²) in [5.41, 5.74) is 4.80. The first-order chi connectivity index (χ1) is 12.8. The highest BCUT2D eigenvalue weighted by Gasteiger charge is 2.08. The molecular weight excluding hydrogens is 342 g/mol. The Bertz CT molecular complexity index is 1000. The molecule has 2 aromatic carbocycles. The Balaban J connectivity index is 0.000000948. The molecule has 2 heterocycles. The molecule has 130 valence electrons. The topological polar surface area (TPSA) is 37.8 Å². The molecule has 4 rings (SSSR count). The lowest BCUT2D eigenvalue weighted by Crippen LogP contribution is -1.95. The van der Waals surface area contributed by atoms with Gasteiger partial charge in [-0.05, 0) is 36.4 Å². The van der Waals surface area contributed by atoms with Gasteiger partial charge < -0.3 is 5.32 Å². The highest BCUT2D eigenvalue weighted by atomic mass is 35.5. The zero-order chi connectivity index (χ0) is 18.4. The molecule has 4 aromatic rings. The van der Waals surface area contributed by atoms with Gasteiger partial charge in [0.25, 0.3) is 0 Å². The summed E-state index contributed by atoms with van der Waals surface area (Å²) in [6.07, 6.45) is 3.53. The molecule has 0 saturated carbocycles. The van der Waals surface area contributed by atoms with E-state index in [4.69, 9.17) is 16.6 Å². The van der Waals surface area contributed by atoms with Gasteiger partial charge in [-0.3, -0.25) is 4.98 Å². The van der Waals surface area contributed by atoms with Crippen LogP contribution in [0.15, 0.2) is 79.1 Å². The molecule has 3 nitrogen and oxygen atoms in total. The molecule has 0 aliphatic heterocycles. The number of halogens is 1. The van der Waals surface area contributed by atoms with Crippen LogP contribution in [-0.4, -0.2) is 9.97 Å². The number of nitrogens with zero attached hydrogens (tertiary/aromatic N) is 2. The van der Waals surface area contributed by atoms with E-state index in [-0.39, 0.29) is 0 Å². The minimum Gasteiger partial charge on any atom is -0.355 e. The van der Waals surface area contributed by atoms with Crippen molar-refractivity contribution in [2.24, 2.45) is 0 Å². The van der Waals surface area contributed by atoms with Crippen molar-refractivity contribution in [3.63, 3.8) is 0 Å². The Labute approximate surface area is 158 Å². The number of aromatic nitrogens is 2. The van der Waals surface area contributed by atoms with Crippen LogP contribution in [0.1, 0.15) is 13.8 Å². The predicted octanol–water partition coefficient (Wildman–Crippen LogP) is 6.72. The van der Waals surface area contributed by atoms with E-state index in [0.29, 0.717) is 5.02 Å². The van der Waals surface area contributed by atoms with E-state index in [2.05, 4.69) is 22.4 Å². The van der Waals surface area contributed by atoms with E-state index in [0.717, 1.165) is 33.5 Å². The molecule has 0 fully saturated rings. The van der Waals surface area contributed by atoms with Crippen molar-refractivity contribution < 1.29 is 0 Å². The third kappa shape index (κ3) is 4.01. The van der Waals surface area contributed by atoms with Gasteiger partial charge in [0.1, 0.15) is 0 Å². The van der Waals surface area contributed by atoms with E-state index in [1.54, 1.807) is 12.4 Å². The highest BCUT2D eigenvalue weighted by molar-refractivity contribution is 6.30. The van der Waals surface area contributed by atoms with Crippen LogP contribution in [-0.2, 0) is 0 Å². The average molecular weight is 362 g/mol. The molecule has 0 aliphatic rings. The smallest absolute Gasteiger partial charge is 0.0730 e. The van der Waals surface area contributed by atoms with Gasteiger partial charge in [0.15, 0.2) is 0 Å². The van der Waals surface area contributed by atoms with E-state index < -0.39 is 0 Å². The largest absolute Gasteiger partial charge is 0.355 e. The molecule has 0 saturated heterocycles. The molecule has 0 amide bonds. The Morgan fingerprint density at radius 1 is 0.846 bits per heavy atom. The molecule has 2 aromatic heterocycles. The zero-order valence-electron chi connectivity index (χ0n) is 14.8. The maximum atomic E-state index is 6.13. The molecular formula is C22H20ClN3. The van der Waals surface area contributed by atoms with Crippen LogP contribution in [0, 0.1) is 0 Å². The van der Waals surface area contributed by atoms with Crippen molar-refractivity contribution >= 4 is 33.9 Å². The Kier molecular flexibility index (Phi) is 5.82. The summed E-state index contributed by atoms with van der Waals surface area (Å²) in [4.78, 5) is 8.84. The molecule has 0 aliphatic carbocycles. The van der Waals surface area contributed by atoms with Crippen LogP contribution in [0.25, 0.3) is 22.2 Å². The number of rotatable bonds is 3. The molecule has 0 unspecified atom stereocenters. The van der Waals surface area contributed by atoms with Crippen molar-refractivity contribution in [2.75, 3.05) is 5.32 Å². The van der Waals surface area contributed by atoms with Gasteiger partial charge >= 0.3 is 0 Å². The zero-order valence-corrected chi connectivity index (χ0v) is 15.5. The third-order valence-corrected chi connectivity index (χ3v) is 4.03. The Hall–Kier alpha value is -2.91. The average Bonchev–Trinajstić information content (AvgIpc) is 2.70. The summed E-state index contributed by atoms with van der Waals surface area (Å²) in [7, 11) is 0. The number of para-hydroxylation sites is 1. The summed E-state index contributed by atoms with van der Waals surface area (Å²) >= 11 is 6.13. The summed E-state index contributed by atoms with van der Waals surface area (Å²) in [5.74, 6) is 0. The third-order valence-electron chi connectivity index (χ3n) is 3.80. The van der Waals surface area contributed by atoms with Gasteiger partial charge in [-0.1, -0.05) is 55.8 Å². The van der Waals surface area contributed by atoms with Crippen LogP contribution >= 0.6 is 11.6 Å². The number of anilines is 2. The predicted molar refractivity (Wildman–Crippen MR) is 111 cm³/mol. The second kappa shape index (κ2) is 8.45. The first-order valence-electron chi connectivity index (χ1n) is 8.62. The molecule has 0 radical (unpaired) electrons. The van der Waals surface area contributed by atoms with E-state index >= 15 is 0 Å². The number of hydrogen-bond acceptors (Lipinski definition) is 3. The standard InChI is InChI=1S/C20H14ClN3.C2H6/c21-15-5-3-4-14(12-15)19-13-20(23-16-8-10-22-11-9-16)17-6-1-2-7-18(17)24-19;1-2/h1-13H,(H,22,23,24);1-2H3. The van der Waals surface area contributed by atoms with Crippen molar-refractivity contribution in [3.05, 3.63) is 84.1 Å². The Morgan fingerprint density at radius 2 is 1.62 bits per heavy atom. The number of fused-ring (bicyclic) bond motifs is 1. The summed E-state index contributed by atoms with van der Waals surface area (Å²) < 4.78 is 0. The number of benzene rings is 2. The molecule has 0 spiro atoms. The van der Waals surface area contributed by atoms with Crippen LogP contribution < -0.4 is 5.32 Å². The molecule has 1 N–H and O–H groups in total. The quantitative estimate of drug-likeness (QED) is 0.440. The SMILES string of the molecule is CC.Clc1cccc(-c2cc(Nc3ccncc3)c3ccccc3n2)c1. The second-order valence-corrected chi connectivity index (χ2v) is 5.88. The number of pyridine rings is 2. The number of hydrogen-bond donors (Lipinski definition) is 1. The first kappa shape index (κ1) is 17.9. The van der Waals surface area contributed by atoms with Crippen molar-refractivity contribution in [1.82, 2.24) is 9.97 Å². The van der Waals surface area contributed by atoms with Crippen LogP contribution in [0.3, 0.4) is 0 Å². The maximum Gasteiger partial charge on any atom is 0.0730 e. The minimum absolute atomic E-state index is 0.700. The lowest BCUT2D eigenvalue weighted by atomic mass is 10.1. The van der Waals surface area contributed by atoms with Crippen LogP contribution in [0.4, 0.5) is 11.4 Å². The van der Waals surface area contributed by atoms with Crippen LogP contribution in [0.5, 0.6) is 0 Å². The fourth-order valence-electron chi connectivity index (χ4n) is 2.67. The van der Waals surface area contributed by atoms with Crippen molar-refractivity contribution in [2.45, 2.75) is 13.8 Å². The Morgan fingerprint density at radius 3 is 2.38 bits per heavy atom. The van der Waals surface area contributed by atoms with Gasteiger partial charge in [-0.25, -0.2) is 4.98 Å². The monoisotopic (exact) mass is 361 g/mol. The van der Waals surface area contributed by atoms with Gasteiger partial charge in [-0.2, -0.15) is 0 Å². The minimum atomic E-state index is 0.700. The van der Waals surface area contributed by atoms with E-state index in [1.165, 1.54) is 0 Å². The van der Waals surface area contributed by atoms with E-state index in [1.807, 2.05) is 68.4 Å². The maximum absolute atomic E-state index is 6.13. The first-order valence-corrected chi connectivity index (χ1v) is 9.00. The number of nitrogens with one attached hydrogen (secondary N) is 1. The van der Waals surface area contributed by atoms with Gasteiger partial charge in [-0.15, -0.1) is 0 Å². The summed E-state index contributed by atoms with van der Waals surface area (Å²) in [6.45, 7) is 4.00. The van der Waals surface area contributed by atoms with Crippen LogP contribution in [0.2, 0.25) is 5.02 Å². The van der Waals surface area contributed by atoms with E-state index in [9.17, 15) is 0 Å². The fourth-order valence-corrected chi connectivity index (χ4v) is 2.86. The molecule has 4 heteroatoms. The summed E-state index contributed by atoms with van der Waals surface area (Å²) in [5, 5.41) is 5.23. The normalized spacial score (nSPS) is 10.1. The molecule has 26 heavy (non-hydrogen) atoms. The lowest BCUT2D eigenvalue weighted by molar-refractivity contribution is 1.32. The molecule has 0 bridgehead atoms.